The maximum absolute atomic E-state index is 13.9. The normalized spacial score (nSPS) is 12.1. The van der Waals surface area contributed by atoms with Gasteiger partial charge in [0.15, 0.2) is 0 Å². The second-order valence-electron chi connectivity index (χ2n) is 9.51. The highest BCUT2D eigenvalue weighted by molar-refractivity contribution is 7.92. The summed E-state index contributed by atoms with van der Waals surface area (Å²) in [7, 11) is -2.69. The zero-order chi connectivity index (χ0) is 28.7. The summed E-state index contributed by atoms with van der Waals surface area (Å²) in [5.74, 6) is -0.953. The van der Waals surface area contributed by atoms with Crippen LogP contribution in [-0.2, 0) is 26.2 Å². The van der Waals surface area contributed by atoms with E-state index in [-0.39, 0.29) is 29.1 Å². The largest absolute Gasteiger partial charge is 0.497 e. The first-order valence-electron chi connectivity index (χ1n) is 12.5. The molecule has 208 valence electrons. The van der Waals surface area contributed by atoms with E-state index < -0.39 is 34.3 Å². The fraction of sp³-hybridized carbons (Fsp3) is 0.310. The van der Waals surface area contributed by atoms with Gasteiger partial charge in [-0.1, -0.05) is 29.8 Å². The van der Waals surface area contributed by atoms with E-state index >= 15 is 0 Å². The average Bonchev–Trinajstić information content (AvgIpc) is 2.90. The minimum Gasteiger partial charge on any atom is -0.497 e. The number of halogens is 1. The van der Waals surface area contributed by atoms with Crippen LogP contribution in [0.1, 0.15) is 31.9 Å². The summed E-state index contributed by atoms with van der Waals surface area (Å²) in [4.78, 5) is 28.1. The Hall–Kier alpha value is -3.92. The van der Waals surface area contributed by atoms with Gasteiger partial charge in [0.1, 0.15) is 24.2 Å². The molecule has 1 N–H and O–H groups in total. The number of amides is 2. The molecule has 0 saturated carbocycles. The Morgan fingerprint density at radius 1 is 0.974 bits per heavy atom. The predicted octanol–water partition coefficient (Wildman–Crippen LogP) is 4.28. The maximum Gasteiger partial charge on any atom is 0.264 e. The number of hydrogen-bond acceptors (Lipinski definition) is 5. The van der Waals surface area contributed by atoms with Gasteiger partial charge in [0.2, 0.25) is 11.8 Å². The molecule has 0 spiro atoms. The summed E-state index contributed by atoms with van der Waals surface area (Å²) in [5.41, 5.74) is 1.68. The van der Waals surface area contributed by atoms with Gasteiger partial charge in [0, 0.05) is 12.6 Å². The molecule has 3 aromatic rings. The molecule has 2 amide bonds. The Morgan fingerprint density at radius 2 is 1.62 bits per heavy atom. The first-order valence-corrected chi connectivity index (χ1v) is 13.9. The molecule has 0 heterocycles. The van der Waals surface area contributed by atoms with E-state index in [0.29, 0.717) is 11.3 Å². The van der Waals surface area contributed by atoms with Crippen molar-refractivity contribution in [3.63, 3.8) is 0 Å². The van der Waals surface area contributed by atoms with Gasteiger partial charge in [0.05, 0.1) is 17.7 Å². The number of benzene rings is 3. The average molecular weight is 556 g/mol. The molecule has 3 aromatic carbocycles. The Bertz CT molecular complexity index is 1390. The highest BCUT2D eigenvalue weighted by atomic mass is 32.2. The lowest BCUT2D eigenvalue weighted by molar-refractivity contribution is -0.139. The molecule has 39 heavy (non-hydrogen) atoms. The van der Waals surface area contributed by atoms with Gasteiger partial charge in [0.25, 0.3) is 10.0 Å². The van der Waals surface area contributed by atoms with Crippen LogP contribution in [0.25, 0.3) is 0 Å². The van der Waals surface area contributed by atoms with Crippen LogP contribution < -0.4 is 14.4 Å². The van der Waals surface area contributed by atoms with Gasteiger partial charge < -0.3 is 15.0 Å². The van der Waals surface area contributed by atoms with Gasteiger partial charge in [-0.3, -0.25) is 13.9 Å². The van der Waals surface area contributed by atoms with Crippen LogP contribution in [0.15, 0.2) is 77.7 Å². The fourth-order valence-electron chi connectivity index (χ4n) is 3.93. The number of hydrogen-bond donors (Lipinski definition) is 1. The highest BCUT2D eigenvalue weighted by Gasteiger charge is 2.32. The number of ether oxygens (including phenoxy) is 1. The Morgan fingerprint density at radius 3 is 2.21 bits per heavy atom. The van der Waals surface area contributed by atoms with Crippen molar-refractivity contribution in [2.45, 2.75) is 51.2 Å². The lowest BCUT2D eigenvalue weighted by Gasteiger charge is -2.32. The van der Waals surface area contributed by atoms with E-state index in [2.05, 4.69) is 5.32 Å². The zero-order valence-corrected chi connectivity index (χ0v) is 23.5. The third-order valence-corrected chi connectivity index (χ3v) is 7.88. The van der Waals surface area contributed by atoms with Crippen molar-refractivity contribution >= 4 is 27.5 Å². The molecular weight excluding hydrogens is 521 g/mol. The molecule has 3 rings (SSSR count). The summed E-state index contributed by atoms with van der Waals surface area (Å²) in [6, 6.07) is 17.1. The number of anilines is 1. The van der Waals surface area contributed by atoms with Crippen molar-refractivity contribution in [3.05, 3.63) is 89.7 Å². The van der Waals surface area contributed by atoms with Gasteiger partial charge in [-0.05, 0) is 81.8 Å². The highest BCUT2D eigenvalue weighted by Crippen LogP contribution is 2.25. The molecule has 0 fully saturated rings. The van der Waals surface area contributed by atoms with Crippen molar-refractivity contribution in [1.82, 2.24) is 10.2 Å². The number of nitrogens with zero attached hydrogens (tertiary/aromatic N) is 2. The molecule has 10 heteroatoms. The van der Waals surface area contributed by atoms with Gasteiger partial charge in [-0.15, -0.1) is 0 Å². The molecule has 0 radical (unpaired) electrons. The molecule has 0 aliphatic rings. The number of nitrogens with one attached hydrogen (secondary N) is 1. The molecule has 0 aliphatic carbocycles. The summed E-state index contributed by atoms with van der Waals surface area (Å²) < 4.78 is 47.4. The SMILES string of the molecule is COc1cccc(CN(C(=O)CN(c2ccc(F)cc2)S(=O)(=O)c2ccc(C)cc2)[C@@H](C)C(=O)NC(C)C)c1. The molecule has 0 unspecified atom stereocenters. The van der Waals surface area contributed by atoms with Crippen LogP contribution in [0, 0.1) is 12.7 Å². The second kappa shape index (κ2) is 12.8. The van der Waals surface area contributed by atoms with Crippen LogP contribution in [0.3, 0.4) is 0 Å². The Labute approximate surface area is 229 Å². The summed E-state index contributed by atoms with van der Waals surface area (Å²) in [5, 5.41) is 2.81. The third kappa shape index (κ3) is 7.57. The molecule has 1 atom stereocenters. The Balaban J connectivity index is 2.03. The fourth-order valence-corrected chi connectivity index (χ4v) is 5.34. The predicted molar refractivity (Wildman–Crippen MR) is 148 cm³/mol. The van der Waals surface area contributed by atoms with Crippen molar-refractivity contribution in [1.29, 1.82) is 0 Å². The molecule has 0 aromatic heterocycles. The number of sulfonamides is 1. The minimum atomic E-state index is -4.22. The van der Waals surface area contributed by atoms with E-state index in [1.54, 1.807) is 43.3 Å². The zero-order valence-electron chi connectivity index (χ0n) is 22.7. The second-order valence-corrected chi connectivity index (χ2v) is 11.4. The van der Waals surface area contributed by atoms with Crippen molar-refractivity contribution in [2.75, 3.05) is 18.0 Å². The van der Waals surface area contributed by atoms with Crippen LogP contribution in [0.5, 0.6) is 5.75 Å². The van der Waals surface area contributed by atoms with Crippen molar-refractivity contribution in [2.24, 2.45) is 0 Å². The molecule has 0 aliphatic heterocycles. The Kier molecular flexibility index (Phi) is 9.69. The van der Waals surface area contributed by atoms with Gasteiger partial charge >= 0.3 is 0 Å². The topological polar surface area (TPSA) is 96.0 Å². The molecular formula is C29H34FN3O5S. The monoisotopic (exact) mass is 555 g/mol. The summed E-state index contributed by atoms with van der Waals surface area (Å²) in [6.07, 6.45) is 0. The van der Waals surface area contributed by atoms with Crippen LogP contribution in [-0.4, -0.2) is 50.9 Å². The van der Waals surface area contributed by atoms with Crippen LogP contribution in [0.2, 0.25) is 0 Å². The molecule has 0 bridgehead atoms. The smallest absolute Gasteiger partial charge is 0.264 e. The number of carbonyl (C=O) groups is 2. The molecule has 0 saturated heterocycles. The standard InChI is InChI=1S/C29H34FN3O5S/c1-20(2)31-29(35)22(4)32(18-23-7-6-8-26(17-23)38-5)28(34)19-33(25-13-11-24(30)12-14-25)39(36,37)27-15-9-21(3)10-16-27/h6-17,20,22H,18-19H2,1-5H3,(H,31,35)/t22-/m0/s1. The maximum atomic E-state index is 13.9. The van der Waals surface area contributed by atoms with E-state index in [1.165, 1.54) is 36.3 Å². The van der Waals surface area contributed by atoms with E-state index in [4.69, 9.17) is 4.74 Å². The number of aryl methyl sites for hydroxylation is 1. The first-order chi connectivity index (χ1) is 18.4. The van der Waals surface area contributed by atoms with Gasteiger partial charge in [-0.25, -0.2) is 12.8 Å². The van der Waals surface area contributed by atoms with Crippen LogP contribution >= 0.6 is 0 Å². The lowest BCUT2D eigenvalue weighted by atomic mass is 10.1. The minimum absolute atomic E-state index is 0.0184. The first kappa shape index (κ1) is 29.6. The van der Waals surface area contributed by atoms with Crippen molar-refractivity contribution < 1.29 is 27.1 Å². The quantitative estimate of drug-likeness (QED) is 0.381. The van der Waals surface area contributed by atoms with E-state index in [9.17, 15) is 22.4 Å². The third-order valence-electron chi connectivity index (χ3n) is 6.09. The number of carbonyl (C=O) groups excluding carboxylic acids is 2. The lowest BCUT2D eigenvalue weighted by Crippen LogP contribution is -2.52. The van der Waals surface area contributed by atoms with Crippen molar-refractivity contribution in [3.8, 4) is 5.75 Å². The van der Waals surface area contributed by atoms with Crippen LogP contribution in [0.4, 0.5) is 10.1 Å². The summed E-state index contributed by atoms with van der Waals surface area (Å²) in [6.45, 7) is 6.46. The van der Waals surface area contributed by atoms with E-state index in [0.717, 1.165) is 22.0 Å². The summed E-state index contributed by atoms with van der Waals surface area (Å²) >= 11 is 0. The number of rotatable bonds is 11. The van der Waals surface area contributed by atoms with Gasteiger partial charge in [-0.2, -0.15) is 0 Å². The van der Waals surface area contributed by atoms with E-state index in [1.807, 2.05) is 20.8 Å². The molecule has 8 nitrogen and oxygen atoms in total. The number of methoxy groups -OCH3 is 1.